The van der Waals surface area contributed by atoms with E-state index in [4.69, 9.17) is 0 Å². The van der Waals surface area contributed by atoms with E-state index in [0.717, 1.165) is 25.8 Å². The molecule has 0 aliphatic rings. The maximum Gasteiger partial charge on any atom is 0.226 e. The van der Waals surface area contributed by atoms with Crippen molar-refractivity contribution in [3.63, 3.8) is 0 Å². The first kappa shape index (κ1) is 18.7. The second-order valence-electron chi connectivity index (χ2n) is 5.41. The van der Waals surface area contributed by atoms with Crippen molar-refractivity contribution < 1.29 is 9.59 Å². The Morgan fingerprint density at radius 1 is 0.958 bits per heavy atom. The zero-order valence-electron chi connectivity index (χ0n) is 13.2. The van der Waals surface area contributed by atoms with Gasteiger partial charge in [-0.25, -0.2) is 0 Å². The van der Waals surface area contributed by atoms with Gasteiger partial charge in [0.05, 0.1) is 6.42 Å². The third-order valence-electron chi connectivity index (χ3n) is 3.43. The number of anilines is 1. The second kappa shape index (κ2) is 8.99. The SMILES string of the molecule is Cc1ccc(Br)cc1NC(=O)CCNC(=O)Cc1ccc(Br)cc1. The van der Waals surface area contributed by atoms with Crippen molar-refractivity contribution >= 4 is 49.4 Å². The van der Waals surface area contributed by atoms with E-state index >= 15 is 0 Å². The standard InChI is InChI=1S/C18H18Br2N2O2/c1-12-2-5-15(20)11-16(12)22-17(23)8-9-21-18(24)10-13-3-6-14(19)7-4-13/h2-7,11H,8-10H2,1H3,(H,21,24)(H,22,23). The predicted octanol–water partition coefficient (Wildman–Crippen LogP) is 4.21. The van der Waals surface area contributed by atoms with E-state index in [1.54, 1.807) is 0 Å². The molecule has 0 atom stereocenters. The van der Waals surface area contributed by atoms with E-state index in [9.17, 15) is 9.59 Å². The Labute approximate surface area is 158 Å². The number of nitrogens with one attached hydrogen (secondary N) is 2. The van der Waals surface area contributed by atoms with Gasteiger partial charge in [-0.15, -0.1) is 0 Å². The first-order valence-corrected chi connectivity index (χ1v) is 9.10. The Morgan fingerprint density at radius 3 is 2.33 bits per heavy atom. The molecule has 0 saturated carbocycles. The molecule has 0 aromatic heterocycles. The molecule has 0 spiro atoms. The molecule has 2 aromatic carbocycles. The number of carbonyl (C=O) groups excluding carboxylic acids is 2. The van der Waals surface area contributed by atoms with Crippen molar-refractivity contribution in [2.45, 2.75) is 19.8 Å². The summed E-state index contributed by atoms with van der Waals surface area (Å²) in [5, 5.41) is 5.62. The molecule has 0 radical (unpaired) electrons. The van der Waals surface area contributed by atoms with Gasteiger partial charge in [0.25, 0.3) is 0 Å². The molecule has 2 aromatic rings. The summed E-state index contributed by atoms with van der Waals surface area (Å²) in [5.74, 6) is -0.219. The van der Waals surface area contributed by atoms with Crippen LogP contribution in [0.1, 0.15) is 17.5 Å². The minimum Gasteiger partial charge on any atom is -0.355 e. The first-order chi connectivity index (χ1) is 11.4. The monoisotopic (exact) mass is 452 g/mol. The molecule has 126 valence electrons. The highest BCUT2D eigenvalue weighted by Crippen LogP contribution is 2.20. The third kappa shape index (κ3) is 6.09. The molecule has 0 saturated heterocycles. The molecule has 0 aliphatic carbocycles. The van der Waals surface area contributed by atoms with Crippen LogP contribution in [-0.2, 0) is 16.0 Å². The van der Waals surface area contributed by atoms with E-state index in [-0.39, 0.29) is 18.2 Å². The highest BCUT2D eigenvalue weighted by molar-refractivity contribution is 9.10. The Bertz CT molecular complexity index is 730. The molecule has 2 amide bonds. The third-order valence-corrected chi connectivity index (χ3v) is 4.45. The van der Waals surface area contributed by atoms with Crippen LogP contribution in [0.15, 0.2) is 51.4 Å². The van der Waals surface area contributed by atoms with Crippen LogP contribution < -0.4 is 10.6 Å². The quantitative estimate of drug-likeness (QED) is 0.688. The van der Waals surface area contributed by atoms with Crippen molar-refractivity contribution in [1.82, 2.24) is 5.32 Å². The molecule has 0 fully saturated rings. The number of hydrogen-bond donors (Lipinski definition) is 2. The van der Waals surface area contributed by atoms with E-state index in [0.29, 0.717) is 13.0 Å². The Balaban J connectivity index is 1.75. The zero-order valence-corrected chi connectivity index (χ0v) is 16.4. The zero-order chi connectivity index (χ0) is 17.5. The number of amides is 2. The lowest BCUT2D eigenvalue weighted by atomic mass is 10.1. The summed E-state index contributed by atoms with van der Waals surface area (Å²) < 4.78 is 1.89. The number of halogens is 2. The maximum atomic E-state index is 12.0. The maximum absolute atomic E-state index is 12.0. The smallest absolute Gasteiger partial charge is 0.226 e. The van der Waals surface area contributed by atoms with Crippen LogP contribution in [0.4, 0.5) is 5.69 Å². The molecule has 0 unspecified atom stereocenters. The largest absolute Gasteiger partial charge is 0.355 e. The van der Waals surface area contributed by atoms with E-state index in [2.05, 4.69) is 42.5 Å². The topological polar surface area (TPSA) is 58.2 Å². The number of aryl methyl sites for hydroxylation is 1. The summed E-state index contributed by atoms with van der Waals surface area (Å²) in [7, 11) is 0. The van der Waals surface area contributed by atoms with Crippen LogP contribution >= 0.6 is 31.9 Å². The van der Waals surface area contributed by atoms with Crippen molar-refractivity contribution in [3.05, 3.63) is 62.5 Å². The van der Waals surface area contributed by atoms with Crippen LogP contribution in [0.3, 0.4) is 0 Å². The molecule has 0 heterocycles. The fraction of sp³-hybridized carbons (Fsp3) is 0.222. The number of hydrogen-bond acceptors (Lipinski definition) is 2. The molecule has 0 aliphatic heterocycles. The van der Waals surface area contributed by atoms with E-state index in [1.165, 1.54) is 0 Å². The van der Waals surface area contributed by atoms with E-state index < -0.39 is 0 Å². The van der Waals surface area contributed by atoms with Crippen LogP contribution in [0.5, 0.6) is 0 Å². The first-order valence-electron chi connectivity index (χ1n) is 7.51. The fourth-order valence-corrected chi connectivity index (χ4v) is 2.73. The van der Waals surface area contributed by atoms with Crippen LogP contribution in [0.2, 0.25) is 0 Å². The normalized spacial score (nSPS) is 10.3. The summed E-state index contributed by atoms with van der Waals surface area (Å²) >= 11 is 6.74. The Morgan fingerprint density at radius 2 is 1.62 bits per heavy atom. The average molecular weight is 454 g/mol. The minimum atomic E-state index is -0.125. The average Bonchev–Trinajstić information content (AvgIpc) is 2.53. The summed E-state index contributed by atoms with van der Waals surface area (Å²) in [6.07, 6.45) is 0.539. The van der Waals surface area contributed by atoms with Crippen LogP contribution in [-0.4, -0.2) is 18.4 Å². The van der Waals surface area contributed by atoms with Gasteiger partial charge in [0.2, 0.25) is 11.8 Å². The van der Waals surface area contributed by atoms with Crippen molar-refractivity contribution in [2.75, 3.05) is 11.9 Å². The lowest BCUT2D eigenvalue weighted by molar-refractivity contribution is -0.120. The highest BCUT2D eigenvalue weighted by Gasteiger charge is 2.07. The van der Waals surface area contributed by atoms with Gasteiger partial charge in [0.1, 0.15) is 0 Å². The summed E-state index contributed by atoms with van der Waals surface area (Å²) in [6.45, 7) is 2.25. The lowest BCUT2D eigenvalue weighted by Crippen LogP contribution is -2.29. The molecule has 2 N–H and O–H groups in total. The highest BCUT2D eigenvalue weighted by atomic mass is 79.9. The minimum absolute atomic E-state index is 0.0937. The van der Waals surface area contributed by atoms with Gasteiger partial charge in [-0.1, -0.05) is 50.1 Å². The van der Waals surface area contributed by atoms with Crippen LogP contribution in [0, 0.1) is 6.92 Å². The Hall–Kier alpha value is -1.66. The fourth-order valence-electron chi connectivity index (χ4n) is 2.11. The van der Waals surface area contributed by atoms with Crippen LogP contribution in [0.25, 0.3) is 0 Å². The number of benzene rings is 2. The van der Waals surface area contributed by atoms with Gasteiger partial charge in [-0.05, 0) is 42.3 Å². The molecule has 6 heteroatoms. The lowest BCUT2D eigenvalue weighted by Gasteiger charge is -2.09. The molecular weight excluding hydrogens is 436 g/mol. The second-order valence-corrected chi connectivity index (χ2v) is 7.24. The Kier molecular flexibility index (Phi) is 6.99. The molecule has 4 nitrogen and oxygen atoms in total. The molecule has 0 bridgehead atoms. The van der Waals surface area contributed by atoms with Gasteiger partial charge >= 0.3 is 0 Å². The summed E-state index contributed by atoms with van der Waals surface area (Å²) in [6, 6.07) is 13.3. The van der Waals surface area contributed by atoms with Crippen molar-refractivity contribution in [2.24, 2.45) is 0 Å². The van der Waals surface area contributed by atoms with Gasteiger partial charge in [0.15, 0.2) is 0 Å². The summed E-state index contributed by atoms with van der Waals surface area (Å²) in [4.78, 5) is 23.8. The van der Waals surface area contributed by atoms with Crippen molar-refractivity contribution in [1.29, 1.82) is 0 Å². The predicted molar refractivity (Wildman–Crippen MR) is 103 cm³/mol. The molecule has 2 rings (SSSR count). The van der Waals surface area contributed by atoms with Gasteiger partial charge in [-0.2, -0.15) is 0 Å². The van der Waals surface area contributed by atoms with Gasteiger partial charge in [0, 0.05) is 27.6 Å². The number of rotatable bonds is 6. The van der Waals surface area contributed by atoms with Crippen molar-refractivity contribution in [3.8, 4) is 0 Å². The van der Waals surface area contributed by atoms with Gasteiger partial charge in [-0.3, -0.25) is 9.59 Å². The summed E-state index contributed by atoms with van der Waals surface area (Å²) in [5.41, 5.74) is 2.70. The molecular formula is C18H18Br2N2O2. The van der Waals surface area contributed by atoms with Gasteiger partial charge < -0.3 is 10.6 Å². The number of carbonyl (C=O) groups is 2. The molecule has 24 heavy (non-hydrogen) atoms. The van der Waals surface area contributed by atoms with E-state index in [1.807, 2.05) is 49.4 Å².